The molecule has 1 unspecified atom stereocenters. The molecule has 0 bridgehead atoms. The Balaban J connectivity index is 2.11. The van der Waals surface area contributed by atoms with E-state index in [0.29, 0.717) is 5.92 Å². The van der Waals surface area contributed by atoms with Crippen LogP contribution in [0.25, 0.3) is 0 Å². The van der Waals surface area contributed by atoms with Crippen molar-refractivity contribution in [1.82, 2.24) is 0 Å². The fourth-order valence-corrected chi connectivity index (χ4v) is 2.65. The molecule has 1 heterocycles. The largest absolute Gasteiger partial charge is 0.381 e. The summed E-state index contributed by atoms with van der Waals surface area (Å²) in [5.41, 5.74) is 7.84. The maximum absolute atomic E-state index is 13.3. The van der Waals surface area contributed by atoms with Crippen LogP contribution < -0.4 is 10.6 Å². The quantitative estimate of drug-likeness (QED) is 0.910. The second kappa shape index (κ2) is 6.35. The van der Waals surface area contributed by atoms with Crippen molar-refractivity contribution in [2.75, 3.05) is 31.7 Å². The van der Waals surface area contributed by atoms with Gasteiger partial charge in [0.15, 0.2) is 0 Å². The van der Waals surface area contributed by atoms with Crippen LogP contribution in [-0.4, -0.2) is 26.8 Å². The summed E-state index contributed by atoms with van der Waals surface area (Å²) in [7, 11) is 2.05. The second-order valence-electron chi connectivity index (χ2n) is 5.43. The standard InChI is InChI=1S/C15H23FN2O/c1-11(17)14-9-13(16)3-4-15(14)18(2)10-12-5-7-19-8-6-12/h3-4,9,11-12H,5-8,10,17H2,1-2H3. The Kier molecular flexibility index (Phi) is 4.77. The van der Waals surface area contributed by atoms with E-state index in [1.165, 1.54) is 6.07 Å². The normalized spacial score (nSPS) is 18.3. The van der Waals surface area contributed by atoms with E-state index in [1.807, 2.05) is 13.0 Å². The van der Waals surface area contributed by atoms with Gasteiger partial charge in [0.2, 0.25) is 0 Å². The first kappa shape index (κ1) is 14.3. The van der Waals surface area contributed by atoms with Gasteiger partial charge in [-0.25, -0.2) is 4.39 Å². The minimum Gasteiger partial charge on any atom is -0.381 e. The fourth-order valence-electron chi connectivity index (χ4n) is 2.65. The van der Waals surface area contributed by atoms with Crippen LogP contribution in [0.1, 0.15) is 31.4 Å². The van der Waals surface area contributed by atoms with Crippen molar-refractivity contribution >= 4 is 5.69 Å². The van der Waals surface area contributed by atoms with Crippen molar-refractivity contribution in [3.05, 3.63) is 29.6 Å². The summed E-state index contributed by atoms with van der Waals surface area (Å²) in [5.74, 6) is 0.417. The zero-order valence-electron chi connectivity index (χ0n) is 11.7. The molecule has 1 aliphatic rings. The Bertz CT molecular complexity index is 417. The topological polar surface area (TPSA) is 38.5 Å². The number of anilines is 1. The third kappa shape index (κ3) is 3.67. The van der Waals surface area contributed by atoms with Gasteiger partial charge in [0, 0.05) is 38.5 Å². The minimum absolute atomic E-state index is 0.164. The van der Waals surface area contributed by atoms with Crippen molar-refractivity contribution in [2.24, 2.45) is 11.7 Å². The molecule has 19 heavy (non-hydrogen) atoms. The van der Waals surface area contributed by atoms with Crippen LogP contribution in [0.15, 0.2) is 18.2 Å². The molecule has 1 atom stereocenters. The molecular weight excluding hydrogens is 243 g/mol. The summed E-state index contributed by atoms with van der Waals surface area (Å²) in [5, 5.41) is 0. The predicted octanol–water partition coefficient (Wildman–Crippen LogP) is 2.71. The lowest BCUT2D eigenvalue weighted by atomic mass is 9.98. The molecule has 2 rings (SSSR count). The summed E-state index contributed by atoms with van der Waals surface area (Å²) < 4.78 is 18.7. The van der Waals surface area contributed by atoms with Crippen molar-refractivity contribution in [1.29, 1.82) is 0 Å². The van der Waals surface area contributed by atoms with Crippen molar-refractivity contribution in [3.8, 4) is 0 Å². The van der Waals surface area contributed by atoms with E-state index in [9.17, 15) is 4.39 Å². The van der Waals surface area contributed by atoms with Crippen LogP contribution in [0.4, 0.5) is 10.1 Å². The van der Waals surface area contributed by atoms with E-state index in [4.69, 9.17) is 10.5 Å². The molecule has 0 aliphatic carbocycles. The molecule has 0 amide bonds. The molecule has 0 radical (unpaired) electrons. The summed E-state index contributed by atoms with van der Waals surface area (Å²) in [6, 6.07) is 4.71. The molecule has 1 saturated heterocycles. The predicted molar refractivity (Wildman–Crippen MR) is 75.8 cm³/mol. The zero-order valence-corrected chi connectivity index (χ0v) is 11.7. The number of benzene rings is 1. The molecule has 0 aromatic heterocycles. The number of ether oxygens (including phenoxy) is 1. The third-order valence-electron chi connectivity index (χ3n) is 3.76. The van der Waals surface area contributed by atoms with Crippen molar-refractivity contribution < 1.29 is 9.13 Å². The van der Waals surface area contributed by atoms with Crippen LogP contribution >= 0.6 is 0 Å². The lowest BCUT2D eigenvalue weighted by Crippen LogP contribution is -2.30. The lowest BCUT2D eigenvalue weighted by Gasteiger charge is -2.30. The van der Waals surface area contributed by atoms with E-state index >= 15 is 0 Å². The van der Waals surface area contributed by atoms with Crippen LogP contribution in [0.5, 0.6) is 0 Å². The maximum Gasteiger partial charge on any atom is 0.123 e. The van der Waals surface area contributed by atoms with E-state index in [-0.39, 0.29) is 11.9 Å². The van der Waals surface area contributed by atoms with E-state index in [1.54, 1.807) is 6.07 Å². The number of nitrogens with zero attached hydrogens (tertiary/aromatic N) is 1. The summed E-state index contributed by atoms with van der Waals surface area (Å²) in [6.07, 6.45) is 2.19. The van der Waals surface area contributed by atoms with Gasteiger partial charge in [0.05, 0.1) is 0 Å². The minimum atomic E-state index is -0.226. The van der Waals surface area contributed by atoms with Crippen LogP contribution in [-0.2, 0) is 4.74 Å². The highest BCUT2D eigenvalue weighted by molar-refractivity contribution is 5.54. The van der Waals surface area contributed by atoms with Gasteiger partial charge in [-0.1, -0.05) is 0 Å². The highest BCUT2D eigenvalue weighted by Gasteiger charge is 2.18. The molecule has 3 nitrogen and oxygen atoms in total. The van der Waals surface area contributed by atoms with Crippen LogP contribution in [0.2, 0.25) is 0 Å². The monoisotopic (exact) mass is 266 g/mol. The summed E-state index contributed by atoms with van der Waals surface area (Å²) in [4.78, 5) is 2.19. The highest BCUT2D eigenvalue weighted by Crippen LogP contribution is 2.27. The molecule has 4 heteroatoms. The molecule has 0 spiro atoms. The summed E-state index contributed by atoms with van der Waals surface area (Å²) in [6.45, 7) is 4.55. The smallest absolute Gasteiger partial charge is 0.123 e. The van der Waals surface area contributed by atoms with Gasteiger partial charge in [-0.3, -0.25) is 0 Å². The van der Waals surface area contributed by atoms with Crippen LogP contribution in [0, 0.1) is 11.7 Å². The fraction of sp³-hybridized carbons (Fsp3) is 0.600. The Labute approximate surface area is 114 Å². The lowest BCUT2D eigenvalue weighted by molar-refractivity contribution is 0.0685. The van der Waals surface area contributed by atoms with E-state index < -0.39 is 0 Å². The third-order valence-corrected chi connectivity index (χ3v) is 3.76. The summed E-state index contributed by atoms with van der Waals surface area (Å²) >= 11 is 0. The zero-order chi connectivity index (χ0) is 13.8. The average Bonchev–Trinajstić information content (AvgIpc) is 2.39. The molecule has 2 N–H and O–H groups in total. The first-order valence-corrected chi connectivity index (χ1v) is 6.92. The molecule has 1 aromatic rings. The highest BCUT2D eigenvalue weighted by atomic mass is 19.1. The average molecular weight is 266 g/mol. The van der Waals surface area contributed by atoms with Gasteiger partial charge in [0.25, 0.3) is 0 Å². The van der Waals surface area contributed by atoms with Crippen molar-refractivity contribution in [3.63, 3.8) is 0 Å². The van der Waals surface area contributed by atoms with Gasteiger partial charge >= 0.3 is 0 Å². The first-order chi connectivity index (χ1) is 9.08. The molecule has 1 aliphatic heterocycles. The Hall–Kier alpha value is -1.13. The molecule has 0 saturated carbocycles. The van der Waals surface area contributed by atoms with E-state index in [0.717, 1.165) is 43.9 Å². The number of rotatable bonds is 4. The van der Waals surface area contributed by atoms with Gasteiger partial charge in [-0.05, 0) is 49.4 Å². The number of hydrogen-bond acceptors (Lipinski definition) is 3. The maximum atomic E-state index is 13.3. The number of nitrogens with two attached hydrogens (primary N) is 1. The molecule has 1 aromatic carbocycles. The van der Waals surface area contributed by atoms with E-state index in [2.05, 4.69) is 11.9 Å². The Morgan fingerprint density at radius 1 is 1.42 bits per heavy atom. The van der Waals surface area contributed by atoms with Gasteiger partial charge < -0.3 is 15.4 Å². The Morgan fingerprint density at radius 2 is 2.11 bits per heavy atom. The van der Waals surface area contributed by atoms with Crippen molar-refractivity contribution in [2.45, 2.75) is 25.8 Å². The van der Waals surface area contributed by atoms with Gasteiger partial charge in [0.1, 0.15) is 5.82 Å². The molecular formula is C15H23FN2O. The Morgan fingerprint density at radius 3 is 2.74 bits per heavy atom. The van der Waals surface area contributed by atoms with Crippen LogP contribution in [0.3, 0.4) is 0 Å². The molecule has 106 valence electrons. The first-order valence-electron chi connectivity index (χ1n) is 6.92. The molecule has 1 fully saturated rings. The SMILES string of the molecule is CC(N)c1cc(F)ccc1N(C)CC1CCOCC1. The number of halogens is 1. The number of hydrogen-bond donors (Lipinski definition) is 1. The second-order valence-corrected chi connectivity index (χ2v) is 5.43. The van der Waals surface area contributed by atoms with Gasteiger partial charge in [-0.2, -0.15) is 0 Å². The van der Waals surface area contributed by atoms with Gasteiger partial charge in [-0.15, -0.1) is 0 Å².